The quantitative estimate of drug-likeness (QED) is 0.332. The molecule has 0 bridgehead atoms. The van der Waals surface area contributed by atoms with E-state index in [9.17, 15) is 18.0 Å². The Morgan fingerprint density at radius 1 is 1.00 bits per heavy atom. The molecule has 11 heteroatoms. The van der Waals surface area contributed by atoms with E-state index in [4.69, 9.17) is 17.0 Å². The number of amides is 1. The maximum Gasteiger partial charge on any atom is 0.416 e. The molecular weight excluding hydrogens is 505 g/mol. The van der Waals surface area contributed by atoms with E-state index in [2.05, 4.69) is 5.10 Å². The molecule has 1 N–H and O–H groups in total. The molecule has 34 heavy (non-hydrogen) atoms. The fraction of sp³-hybridized carbons (Fsp3) is 0.0870. The van der Waals surface area contributed by atoms with Gasteiger partial charge in [-0.3, -0.25) is 15.1 Å². The van der Waals surface area contributed by atoms with Gasteiger partial charge in [0.2, 0.25) is 4.80 Å². The number of carbonyl (C=O) groups is 1. The topological polar surface area (TPSA) is 62.0 Å². The van der Waals surface area contributed by atoms with Gasteiger partial charge >= 0.3 is 6.18 Å². The van der Waals surface area contributed by atoms with Crippen molar-refractivity contribution in [1.82, 2.24) is 9.78 Å². The lowest BCUT2D eigenvalue weighted by atomic mass is 10.1. The third-order valence-corrected chi connectivity index (χ3v) is 7.42. The van der Waals surface area contributed by atoms with Gasteiger partial charge in [-0.2, -0.15) is 18.3 Å². The zero-order chi connectivity index (χ0) is 24.0. The van der Waals surface area contributed by atoms with Crippen LogP contribution >= 0.6 is 34.7 Å². The van der Waals surface area contributed by atoms with Crippen molar-refractivity contribution in [3.8, 4) is 10.6 Å². The Labute approximate surface area is 204 Å². The molecule has 0 atom stereocenters. The summed E-state index contributed by atoms with van der Waals surface area (Å²) >= 11 is 8.33. The second-order valence-electron chi connectivity index (χ2n) is 7.36. The van der Waals surface area contributed by atoms with E-state index in [-0.39, 0.29) is 17.0 Å². The number of fused-ring (bicyclic) bond motifs is 2. The second-order valence-corrected chi connectivity index (χ2v) is 9.85. The molecule has 172 valence electrons. The van der Waals surface area contributed by atoms with E-state index in [1.165, 1.54) is 27.4 Å². The number of carbonyl (C=O) groups excluding carboxylic acids is 1. The first kappa shape index (κ1) is 22.7. The van der Waals surface area contributed by atoms with E-state index < -0.39 is 17.6 Å². The molecule has 1 aliphatic heterocycles. The van der Waals surface area contributed by atoms with Crippen LogP contribution in [-0.4, -0.2) is 15.7 Å². The predicted octanol–water partition coefficient (Wildman–Crippen LogP) is 6.59. The van der Waals surface area contributed by atoms with Crippen LogP contribution in [0.1, 0.15) is 5.56 Å². The summed E-state index contributed by atoms with van der Waals surface area (Å²) < 4.78 is 41.5. The molecule has 1 amide bonds. The number of nitrogens with one attached hydrogen (secondary N) is 1. The minimum absolute atomic E-state index is 0.0437. The number of aromatic nitrogens is 2. The van der Waals surface area contributed by atoms with Crippen LogP contribution < -0.4 is 9.70 Å². The summed E-state index contributed by atoms with van der Waals surface area (Å²) in [5, 5.41) is 13.7. The van der Waals surface area contributed by atoms with Crippen LogP contribution in [0.4, 0.5) is 24.5 Å². The summed E-state index contributed by atoms with van der Waals surface area (Å²) in [7, 11) is 0. The Kier molecular flexibility index (Phi) is 5.75. The van der Waals surface area contributed by atoms with Crippen molar-refractivity contribution in [2.75, 3.05) is 4.90 Å². The zero-order valence-electron chi connectivity index (χ0n) is 17.1. The maximum atomic E-state index is 13.5. The normalized spacial score (nSPS) is 12.9. The molecule has 0 saturated heterocycles. The lowest BCUT2D eigenvalue weighted by Gasteiger charge is -2.31. The van der Waals surface area contributed by atoms with Crippen molar-refractivity contribution in [2.24, 2.45) is 0 Å². The lowest BCUT2D eigenvalue weighted by molar-refractivity contribution is -0.137. The molecular formula is C23H14ClF3N4OS2. The molecule has 0 saturated carbocycles. The molecule has 4 aromatic rings. The largest absolute Gasteiger partial charge is 0.416 e. The average molecular weight is 519 g/mol. The number of benzene rings is 3. The number of hydrogen-bond donors (Lipinski definition) is 1. The fourth-order valence-electron chi connectivity index (χ4n) is 3.53. The van der Waals surface area contributed by atoms with Crippen LogP contribution in [0.3, 0.4) is 0 Å². The lowest BCUT2D eigenvalue weighted by Crippen LogP contribution is -2.34. The van der Waals surface area contributed by atoms with Crippen molar-refractivity contribution in [2.45, 2.75) is 22.5 Å². The van der Waals surface area contributed by atoms with Gasteiger partial charge < -0.3 is 0 Å². The molecule has 0 spiro atoms. The predicted molar refractivity (Wildman–Crippen MR) is 126 cm³/mol. The van der Waals surface area contributed by atoms with E-state index >= 15 is 0 Å². The molecule has 5 rings (SSSR count). The summed E-state index contributed by atoms with van der Waals surface area (Å²) in [4.78, 5) is 16.1. The highest BCUT2D eigenvalue weighted by Crippen LogP contribution is 2.49. The first-order chi connectivity index (χ1) is 16.2. The van der Waals surface area contributed by atoms with Gasteiger partial charge in [-0.15, -0.1) is 0 Å². The van der Waals surface area contributed by atoms with Crippen LogP contribution in [0.2, 0.25) is 5.02 Å². The van der Waals surface area contributed by atoms with Crippen LogP contribution in [0.15, 0.2) is 76.5 Å². The van der Waals surface area contributed by atoms with Gasteiger partial charge in [0.25, 0.3) is 5.91 Å². The van der Waals surface area contributed by atoms with Gasteiger partial charge in [0.1, 0.15) is 11.6 Å². The maximum absolute atomic E-state index is 13.5. The molecule has 0 unspecified atom stereocenters. The van der Waals surface area contributed by atoms with Gasteiger partial charge in [-0.05, 0) is 42.5 Å². The van der Waals surface area contributed by atoms with Crippen molar-refractivity contribution < 1.29 is 18.0 Å². The van der Waals surface area contributed by atoms with E-state index in [1.807, 2.05) is 6.07 Å². The smallest absolute Gasteiger partial charge is 0.277 e. The molecule has 1 aliphatic rings. The summed E-state index contributed by atoms with van der Waals surface area (Å²) in [6.45, 7) is -0.308. The molecule has 1 aromatic heterocycles. The minimum Gasteiger partial charge on any atom is -0.277 e. The third kappa shape index (κ3) is 4.24. The highest BCUT2D eigenvalue weighted by Gasteiger charge is 2.35. The number of anilines is 2. The molecule has 0 radical (unpaired) electrons. The fourth-order valence-corrected chi connectivity index (χ4v) is 5.49. The van der Waals surface area contributed by atoms with E-state index in [0.29, 0.717) is 20.6 Å². The Bertz CT molecular complexity index is 1460. The van der Waals surface area contributed by atoms with Gasteiger partial charge in [-0.25, -0.2) is 4.68 Å². The van der Waals surface area contributed by atoms with Crippen molar-refractivity contribution in [3.05, 3.63) is 82.1 Å². The first-order valence-corrected chi connectivity index (χ1v) is 11.9. The number of alkyl halides is 3. The number of nitrogens with zero attached hydrogens (tertiary/aromatic N) is 3. The molecule has 2 heterocycles. The average Bonchev–Trinajstić information content (AvgIpc) is 3.16. The zero-order valence-corrected chi connectivity index (χ0v) is 19.5. The third-order valence-electron chi connectivity index (χ3n) is 5.12. The van der Waals surface area contributed by atoms with Crippen LogP contribution in [0.25, 0.3) is 10.6 Å². The number of hydrogen-bond acceptors (Lipinski definition) is 5. The van der Waals surface area contributed by atoms with Crippen LogP contribution in [0, 0.1) is 5.41 Å². The first-order valence-electron chi connectivity index (χ1n) is 9.90. The standard InChI is InChI=1S/C23H14ClF3N4OS2/c24-15-8-5-13(6-9-15)21-29-30(22(28)34-21)12-20(32)31-16-3-1-2-4-18(16)33-19-10-7-14(11-17(19)31)23(25,26)27/h1-11,28H,12H2. The highest BCUT2D eigenvalue weighted by atomic mass is 35.5. The van der Waals surface area contributed by atoms with Crippen molar-refractivity contribution >= 4 is 52.0 Å². The Hall–Kier alpha value is -3.08. The number of para-hydroxylation sites is 1. The summed E-state index contributed by atoms with van der Waals surface area (Å²) in [5.41, 5.74) is 0.555. The van der Waals surface area contributed by atoms with Crippen LogP contribution in [0.5, 0.6) is 0 Å². The van der Waals surface area contributed by atoms with Crippen molar-refractivity contribution in [3.63, 3.8) is 0 Å². The van der Waals surface area contributed by atoms with Crippen LogP contribution in [-0.2, 0) is 17.5 Å². The van der Waals surface area contributed by atoms with Crippen molar-refractivity contribution in [1.29, 1.82) is 5.41 Å². The Morgan fingerprint density at radius 2 is 1.71 bits per heavy atom. The van der Waals surface area contributed by atoms with Gasteiger partial charge in [0, 0.05) is 20.4 Å². The highest BCUT2D eigenvalue weighted by molar-refractivity contribution is 7.99. The molecule has 0 fully saturated rings. The SMILES string of the molecule is N=c1sc(-c2ccc(Cl)cc2)nn1CC(=O)N1c2ccccc2Sc2ccc(C(F)(F)F)cc21. The molecule has 3 aromatic carbocycles. The summed E-state index contributed by atoms with van der Waals surface area (Å²) in [6, 6.07) is 17.3. The van der Waals surface area contributed by atoms with Gasteiger partial charge in [-0.1, -0.05) is 59.0 Å². The second kappa shape index (κ2) is 8.61. The monoisotopic (exact) mass is 518 g/mol. The van der Waals surface area contributed by atoms with E-state index in [0.717, 1.165) is 33.9 Å². The Morgan fingerprint density at radius 3 is 2.44 bits per heavy atom. The van der Waals surface area contributed by atoms with Gasteiger partial charge in [0.05, 0.1) is 16.9 Å². The number of halogens is 4. The Balaban J connectivity index is 1.53. The molecule has 0 aliphatic carbocycles. The minimum atomic E-state index is -4.54. The summed E-state index contributed by atoms with van der Waals surface area (Å²) in [5.74, 6) is -0.500. The van der Waals surface area contributed by atoms with Gasteiger partial charge in [0.15, 0.2) is 0 Å². The summed E-state index contributed by atoms with van der Waals surface area (Å²) in [6.07, 6.45) is -4.54. The molecule has 5 nitrogen and oxygen atoms in total. The number of rotatable bonds is 3. The van der Waals surface area contributed by atoms with E-state index in [1.54, 1.807) is 42.5 Å².